The van der Waals surface area contributed by atoms with Gasteiger partial charge in [-0.05, 0) is 48.6 Å². The number of ketones is 1. The Morgan fingerprint density at radius 1 is 0.692 bits per heavy atom. The molecule has 140 valence electrons. The van der Waals surface area contributed by atoms with Crippen molar-refractivity contribution in [3.05, 3.63) is 71.8 Å². The first-order valence-electron chi connectivity index (χ1n) is 9.48. The maximum absolute atomic E-state index is 12.9. The predicted octanol–water partition coefficient (Wildman–Crippen LogP) is 6.94. The minimum atomic E-state index is 0.256. The minimum absolute atomic E-state index is 0.256. The van der Waals surface area contributed by atoms with Crippen LogP contribution in [0.15, 0.2) is 60.7 Å². The number of rotatable bonds is 12. The first-order chi connectivity index (χ1) is 12.7. The fourth-order valence-corrected chi connectivity index (χ4v) is 3.81. The molecule has 2 atom stereocenters. The third kappa shape index (κ3) is 7.13. The third-order valence-corrected chi connectivity index (χ3v) is 5.40. The summed E-state index contributed by atoms with van der Waals surface area (Å²) in [6.07, 6.45) is 4.95. The molecule has 0 bridgehead atoms. The Morgan fingerprint density at radius 3 is 1.42 bits per heavy atom. The Bertz CT molecular complexity index is 572. The molecule has 0 amide bonds. The second-order valence-corrected chi connectivity index (χ2v) is 7.58. The van der Waals surface area contributed by atoms with Crippen LogP contribution in [0.25, 0.3) is 0 Å². The Labute approximate surface area is 167 Å². The number of carbonyl (C=O) groups excluding carboxylic acids is 1. The largest absolute Gasteiger partial charge is 0.300 e. The maximum atomic E-state index is 12.9. The lowest BCUT2D eigenvalue weighted by atomic mass is 9.84. The molecule has 1 nitrogen and oxygen atoms in total. The van der Waals surface area contributed by atoms with Crippen LogP contribution in [0.4, 0.5) is 0 Å². The van der Waals surface area contributed by atoms with Crippen molar-refractivity contribution in [3.63, 3.8) is 0 Å². The molecule has 0 heterocycles. The summed E-state index contributed by atoms with van der Waals surface area (Å²) in [5.74, 6) is 2.12. The van der Waals surface area contributed by atoms with Crippen molar-refractivity contribution in [2.75, 3.05) is 11.8 Å². The first-order valence-corrected chi connectivity index (χ1v) is 10.5. The van der Waals surface area contributed by atoms with E-state index in [1.165, 1.54) is 11.1 Å². The van der Waals surface area contributed by atoms with E-state index in [4.69, 9.17) is 23.2 Å². The molecule has 0 saturated heterocycles. The summed E-state index contributed by atoms with van der Waals surface area (Å²) in [5, 5.41) is 0. The van der Waals surface area contributed by atoms with Gasteiger partial charge >= 0.3 is 0 Å². The standard InChI is InChI=1S/C23H28Cl2O/c24-15-7-13-21(19-9-3-1-4-10-19)17-23(26)18-22(14-8-16-25)20-11-5-2-6-12-20/h1-6,9-12,21-22H,7-8,13-18H2. The van der Waals surface area contributed by atoms with Crippen LogP contribution in [-0.4, -0.2) is 17.5 Å². The Kier molecular flexibility index (Phi) is 9.81. The zero-order valence-electron chi connectivity index (χ0n) is 15.2. The van der Waals surface area contributed by atoms with Crippen molar-refractivity contribution in [2.24, 2.45) is 0 Å². The molecule has 26 heavy (non-hydrogen) atoms. The molecule has 2 rings (SSSR count). The summed E-state index contributed by atoms with van der Waals surface area (Å²) in [4.78, 5) is 12.9. The molecule has 0 aliphatic rings. The van der Waals surface area contributed by atoms with Crippen molar-refractivity contribution in [2.45, 2.75) is 50.4 Å². The average Bonchev–Trinajstić information content (AvgIpc) is 2.69. The van der Waals surface area contributed by atoms with Crippen LogP contribution in [0.2, 0.25) is 0 Å². The molecule has 0 radical (unpaired) electrons. The van der Waals surface area contributed by atoms with Crippen LogP contribution < -0.4 is 0 Å². The van der Waals surface area contributed by atoms with Gasteiger partial charge in [0.15, 0.2) is 0 Å². The van der Waals surface area contributed by atoms with Crippen molar-refractivity contribution < 1.29 is 4.79 Å². The van der Waals surface area contributed by atoms with Gasteiger partial charge in [0.25, 0.3) is 0 Å². The fourth-order valence-electron chi connectivity index (χ4n) is 3.50. The molecule has 0 saturated carbocycles. The van der Waals surface area contributed by atoms with Crippen molar-refractivity contribution in [3.8, 4) is 0 Å². The highest BCUT2D eigenvalue weighted by molar-refractivity contribution is 6.18. The van der Waals surface area contributed by atoms with E-state index in [-0.39, 0.29) is 11.8 Å². The van der Waals surface area contributed by atoms with Crippen LogP contribution in [0.3, 0.4) is 0 Å². The molecular formula is C23H28Cl2O. The fraction of sp³-hybridized carbons (Fsp3) is 0.435. The van der Waals surface area contributed by atoms with E-state index in [2.05, 4.69) is 24.3 Å². The van der Waals surface area contributed by atoms with Crippen molar-refractivity contribution >= 4 is 29.0 Å². The van der Waals surface area contributed by atoms with E-state index in [1.54, 1.807) is 0 Å². The Morgan fingerprint density at radius 2 is 1.08 bits per heavy atom. The van der Waals surface area contributed by atoms with Crippen molar-refractivity contribution in [1.82, 2.24) is 0 Å². The molecule has 3 heteroatoms. The molecule has 0 fully saturated rings. The summed E-state index contributed by atoms with van der Waals surface area (Å²) in [5.41, 5.74) is 2.48. The lowest BCUT2D eigenvalue weighted by molar-refractivity contribution is -0.119. The van der Waals surface area contributed by atoms with E-state index < -0.39 is 0 Å². The molecule has 2 unspecified atom stereocenters. The molecular weight excluding hydrogens is 363 g/mol. The lowest BCUT2D eigenvalue weighted by Gasteiger charge is -2.20. The summed E-state index contributed by atoms with van der Waals surface area (Å²) in [6.45, 7) is 0. The number of halogens is 2. The predicted molar refractivity (Wildman–Crippen MR) is 113 cm³/mol. The number of benzene rings is 2. The number of hydrogen-bond acceptors (Lipinski definition) is 1. The van der Waals surface area contributed by atoms with E-state index in [1.807, 2.05) is 36.4 Å². The first kappa shape index (κ1) is 21.0. The Hall–Kier alpha value is -1.31. The van der Waals surface area contributed by atoms with E-state index >= 15 is 0 Å². The van der Waals surface area contributed by atoms with Crippen LogP contribution in [0.5, 0.6) is 0 Å². The SMILES string of the molecule is O=C(CC(CCCCl)c1ccccc1)CC(CCCCl)c1ccccc1. The van der Waals surface area contributed by atoms with Gasteiger partial charge in [-0.25, -0.2) is 0 Å². The number of alkyl halides is 2. The third-order valence-electron chi connectivity index (χ3n) is 4.86. The van der Waals surface area contributed by atoms with E-state index in [0.29, 0.717) is 30.4 Å². The zero-order valence-corrected chi connectivity index (χ0v) is 16.8. The van der Waals surface area contributed by atoms with E-state index in [0.717, 1.165) is 25.7 Å². The lowest BCUT2D eigenvalue weighted by Crippen LogP contribution is -2.12. The molecule has 0 N–H and O–H groups in total. The minimum Gasteiger partial charge on any atom is -0.300 e. The highest BCUT2D eigenvalue weighted by atomic mass is 35.5. The summed E-state index contributed by atoms with van der Waals surface area (Å²) < 4.78 is 0. The monoisotopic (exact) mass is 390 g/mol. The van der Waals surface area contributed by atoms with Crippen LogP contribution in [0.1, 0.15) is 61.5 Å². The van der Waals surface area contributed by atoms with Gasteiger partial charge in [-0.2, -0.15) is 0 Å². The molecule has 2 aromatic rings. The van der Waals surface area contributed by atoms with Gasteiger partial charge in [0.1, 0.15) is 5.78 Å². The molecule has 0 aromatic heterocycles. The summed E-state index contributed by atoms with van der Waals surface area (Å²) in [6, 6.07) is 20.7. The van der Waals surface area contributed by atoms with Gasteiger partial charge in [0.2, 0.25) is 0 Å². The highest BCUT2D eigenvalue weighted by Gasteiger charge is 2.20. The topological polar surface area (TPSA) is 17.1 Å². The zero-order chi connectivity index (χ0) is 18.6. The molecule has 0 aliphatic heterocycles. The second-order valence-electron chi connectivity index (χ2n) is 6.82. The summed E-state index contributed by atoms with van der Waals surface area (Å²) in [7, 11) is 0. The molecule has 2 aromatic carbocycles. The number of carbonyl (C=O) groups is 1. The molecule has 0 aliphatic carbocycles. The van der Waals surface area contributed by atoms with Gasteiger partial charge in [-0.3, -0.25) is 4.79 Å². The van der Waals surface area contributed by atoms with Crippen LogP contribution in [0, 0.1) is 0 Å². The number of Topliss-reactive ketones (excluding diaryl/α,β-unsaturated/α-hetero) is 1. The quantitative estimate of drug-likeness (QED) is 0.358. The smallest absolute Gasteiger partial charge is 0.134 e. The average molecular weight is 391 g/mol. The maximum Gasteiger partial charge on any atom is 0.134 e. The Balaban J connectivity index is 2.04. The van der Waals surface area contributed by atoms with Crippen LogP contribution in [-0.2, 0) is 4.79 Å². The van der Waals surface area contributed by atoms with Gasteiger partial charge in [-0.15, -0.1) is 23.2 Å². The number of hydrogen-bond donors (Lipinski definition) is 0. The highest BCUT2D eigenvalue weighted by Crippen LogP contribution is 2.30. The van der Waals surface area contributed by atoms with Gasteiger partial charge in [0, 0.05) is 24.6 Å². The van der Waals surface area contributed by atoms with Gasteiger partial charge in [0.05, 0.1) is 0 Å². The van der Waals surface area contributed by atoms with Crippen molar-refractivity contribution in [1.29, 1.82) is 0 Å². The van der Waals surface area contributed by atoms with Gasteiger partial charge < -0.3 is 0 Å². The normalized spacial score (nSPS) is 13.3. The second kappa shape index (κ2) is 12.1. The van der Waals surface area contributed by atoms with E-state index in [9.17, 15) is 4.79 Å². The van der Waals surface area contributed by atoms with Crippen LogP contribution >= 0.6 is 23.2 Å². The van der Waals surface area contributed by atoms with Gasteiger partial charge in [-0.1, -0.05) is 60.7 Å². The summed E-state index contributed by atoms with van der Waals surface area (Å²) >= 11 is 11.8. The molecule has 0 spiro atoms.